The number of hydrogen-bond donors (Lipinski definition) is 0. The van der Waals surface area contributed by atoms with Gasteiger partial charge in [-0.1, -0.05) is 155 Å². The van der Waals surface area contributed by atoms with E-state index in [1.807, 2.05) is 0 Å². The summed E-state index contributed by atoms with van der Waals surface area (Å²) >= 11 is 0. The average molecular weight is 600 g/mol. The van der Waals surface area contributed by atoms with Crippen molar-refractivity contribution in [1.82, 2.24) is 0 Å². The van der Waals surface area contributed by atoms with E-state index < -0.39 is 0 Å². The van der Waals surface area contributed by atoms with E-state index in [1.54, 1.807) is 0 Å². The Hall–Kier alpha value is -4.88. The molecule has 46 heavy (non-hydrogen) atoms. The normalized spacial score (nSPS) is 12.0. The minimum absolute atomic E-state index is 0.350. The Bertz CT molecular complexity index is 1840. The lowest BCUT2D eigenvalue weighted by atomic mass is 9.81. The number of nitrogens with zero attached hydrogens (tertiary/aromatic N) is 1. The summed E-state index contributed by atoms with van der Waals surface area (Å²) in [6.45, 7) is 11.2. The first-order valence-electron chi connectivity index (χ1n) is 16.6. The van der Waals surface area contributed by atoms with E-state index in [1.165, 1.54) is 67.0 Å². The van der Waals surface area contributed by atoms with Gasteiger partial charge in [0.2, 0.25) is 0 Å². The molecule has 0 bridgehead atoms. The maximum atomic E-state index is 2.32. The molecule has 230 valence electrons. The number of anilines is 2. The van der Waals surface area contributed by atoms with Gasteiger partial charge >= 0.3 is 0 Å². The van der Waals surface area contributed by atoms with Crippen LogP contribution in [0.4, 0.5) is 11.4 Å². The quantitative estimate of drug-likeness (QED) is 0.160. The molecule has 0 radical (unpaired) electrons. The van der Waals surface area contributed by atoms with E-state index in [2.05, 4.69) is 192 Å². The van der Waals surface area contributed by atoms with Crippen molar-refractivity contribution in [3.63, 3.8) is 0 Å². The maximum Gasteiger partial charge on any atom is 0.0408 e. The molecule has 0 fully saturated rings. The predicted molar refractivity (Wildman–Crippen MR) is 199 cm³/mol. The lowest BCUT2D eigenvalue weighted by Gasteiger charge is -2.23. The molecule has 0 amide bonds. The van der Waals surface area contributed by atoms with Crippen LogP contribution in [0.15, 0.2) is 146 Å². The summed E-state index contributed by atoms with van der Waals surface area (Å²) in [6.07, 6.45) is 0. The van der Waals surface area contributed by atoms with Crippen LogP contribution in [0, 0.1) is 12.8 Å². The van der Waals surface area contributed by atoms with Crippen molar-refractivity contribution < 1.29 is 0 Å². The Balaban J connectivity index is 1.14. The van der Waals surface area contributed by atoms with E-state index in [-0.39, 0.29) is 0 Å². The summed E-state index contributed by atoms with van der Waals surface area (Å²) in [7, 11) is 2.13. The molecule has 0 aromatic heterocycles. The first-order valence-corrected chi connectivity index (χ1v) is 16.6. The van der Waals surface area contributed by atoms with Crippen LogP contribution in [-0.2, 0) is 0 Å². The molecular weight excluding hydrogens is 555 g/mol. The smallest absolute Gasteiger partial charge is 0.0408 e. The van der Waals surface area contributed by atoms with Crippen molar-refractivity contribution >= 4 is 11.4 Å². The van der Waals surface area contributed by atoms with Gasteiger partial charge in [0.1, 0.15) is 0 Å². The summed E-state index contributed by atoms with van der Waals surface area (Å²) in [5, 5.41) is 0. The second kappa shape index (κ2) is 13.6. The van der Waals surface area contributed by atoms with Crippen molar-refractivity contribution in [3.05, 3.63) is 168 Å². The largest absolute Gasteiger partial charge is 0.345 e. The molecule has 0 aliphatic carbocycles. The molecule has 0 aliphatic rings. The molecule has 6 rings (SSSR count). The first kappa shape index (κ1) is 31.1. The highest BCUT2D eigenvalue weighted by Crippen LogP contribution is 2.35. The van der Waals surface area contributed by atoms with Gasteiger partial charge in [0, 0.05) is 24.3 Å². The molecule has 0 aliphatic heterocycles. The third-order valence-corrected chi connectivity index (χ3v) is 9.34. The molecule has 1 atom stereocenters. The molecule has 1 nitrogen and oxygen atoms in total. The van der Waals surface area contributed by atoms with Crippen LogP contribution in [0.3, 0.4) is 0 Å². The Kier molecular flexibility index (Phi) is 9.22. The lowest BCUT2D eigenvalue weighted by Crippen LogP contribution is -2.09. The summed E-state index contributed by atoms with van der Waals surface area (Å²) < 4.78 is 0. The molecule has 0 spiro atoms. The van der Waals surface area contributed by atoms with Crippen molar-refractivity contribution in [2.75, 3.05) is 11.9 Å². The highest BCUT2D eigenvalue weighted by molar-refractivity contribution is 5.72. The number of rotatable bonds is 9. The average Bonchev–Trinajstić information content (AvgIpc) is 3.09. The highest BCUT2D eigenvalue weighted by Gasteiger charge is 2.18. The van der Waals surface area contributed by atoms with Gasteiger partial charge in [-0.3, -0.25) is 0 Å². The van der Waals surface area contributed by atoms with Crippen LogP contribution < -0.4 is 4.90 Å². The predicted octanol–water partition coefficient (Wildman–Crippen LogP) is 12.7. The van der Waals surface area contributed by atoms with Crippen LogP contribution in [0.25, 0.3) is 33.4 Å². The van der Waals surface area contributed by atoms with Crippen LogP contribution in [-0.4, -0.2) is 7.05 Å². The fourth-order valence-corrected chi connectivity index (χ4v) is 6.44. The van der Waals surface area contributed by atoms with E-state index in [9.17, 15) is 0 Å². The zero-order valence-corrected chi connectivity index (χ0v) is 28.0. The summed E-state index contributed by atoms with van der Waals surface area (Å²) in [4.78, 5) is 2.25. The van der Waals surface area contributed by atoms with Gasteiger partial charge in [0.25, 0.3) is 0 Å². The summed E-state index contributed by atoms with van der Waals surface area (Å²) in [5.41, 5.74) is 15.2. The molecule has 0 saturated heterocycles. The maximum absolute atomic E-state index is 2.32. The van der Waals surface area contributed by atoms with Gasteiger partial charge in [-0.05, 0) is 93.1 Å². The Labute approximate surface area is 276 Å². The molecule has 6 aromatic carbocycles. The van der Waals surface area contributed by atoms with E-state index >= 15 is 0 Å². The van der Waals surface area contributed by atoms with Gasteiger partial charge in [0.05, 0.1) is 0 Å². The van der Waals surface area contributed by atoms with Crippen molar-refractivity contribution in [2.24, 2.45) is 5.92 Å². The fraction of sp³-hybridized carbons (Fsp3) is 0.200. The van der Waals surface area contributed by atoms with Gasteiger partial charge in [-0.25, -0.2) is 0 Å². The third-order valence-electron chi connectivity index (χ3n) is 9.34. The Morgan fingerprint density at radius 1 is 0.370 bits per heavy atom. The van der Waals surface area contributed by atoms with Gasteiger partial charge in [-0.2, -0.15) is 0 Å². The lowest BCUT2D eigenvalue weighted by molar-refractivity contribution is 0.564. The number of aryl methyl sites for hydroxylation is 1. The summed E-state index contributed by atoms with van der Waals surface area (Å²) in [6, 6.07) is 53.8. The van der Waals surface area contributed by atoms with Gasteiger partial charge in [0.15, 0.2) is 0 Å². The van der Waals surface area contributed by atoms with E-state index in [0.717, 1.165) is 0 Å². The molecule has 6 aromatic rings. The second-order valence-corrected chi connectivity index (χ2v) is 13.3. The topological polar surface area (TPSA) is 3.24 Å². The molecule has 1 heteroatoms. The molecule has 0 saturated carbocycles. The monoisotopic (exact) mass is 599 g/mol. The van der Waals surface area contributed by atoms with E-state index in [0.29, 0.717) is 17.8 Å². The van der Waals surface area contributed by atoms with Crippen LogP contribution in [0.5, 0.6) is 0 Å². The summed E-state index contributed by atoms with van der Waals surface area (Å²) in [5.74, 6) is 1.39. The van der Waals surface area contributed by atoms with Crippen LogP contribution >= 0.6 is 0 Å². The number of benzene rings is 6. The number of hydrogen-bond acceptors (Lipinski definition) is 1. The minimum Gasteiger partial charge on any atom is -0.345 e. The van der Waals surface area contributed by atoms with Crippen LogP contribution in [0.2, 0.25) is 0 Å². The third kappa shape index (κ3) is 6.85. The molecule has 0 N–H and O–H groups in total. The molecule has 0 heterocycles. The second-order valence-electron chi connectivity index (χ2n) is 13.3. The zero-order chi connectivity index (χ0) is 32.2. The van der Waals surface area contributed by atoms with Crippen molar-refractivity contribution in [1.29, 1.82) is 0 Å². The molecular formula is C45H45N. The fourth-order valence-electron chi connectivity index (χ4n) is 6.44. The van der Waals surface area contributed by atoms with Crippen LogP contribution in [0.1, 0.15) is 61.8 Å². The highest BCUT2D eigenvalue weighted by atomic mass is 15.1. The van der Waals surface area contributed by atoms with Crippen molar-refractivity contribution in [3.8, 4) is 33.4 Å². The Morgan fingerprint density at radius 3 is 0.957 bits per heavy atom. The van der Waals surface area contributed by atoms with Gasteiger partial charge < -0.3 is 4.90 Å². The molecule has 1 unspecified atom stereocenters. The Morgan fingerprint density at radius 2 is 0.652 bits per heavy atom. The first-order chi connectivity index (χ1) is 22.3. The van der Waals surface area contributed by atoms with Gasteiger partial charge in [-0.15, -0.1) is 0 Å². The SMILES string of the molecule is Cc1ccc(-c2ccc(C(c3ccc(-c4ccc(N(C)c5ccc(-c6ccc(C(C)C)cc6)cc5)cc4)cc3)C(C)C)cc2)cc1. The van der Waals surface area contributed by atoms with Crippen molar-refractivity contribution in [2.45, 2.75) is 46.5 Å². The standard InChI is InChI=1S/C45H45N/c1-31(2)34-11-13-36(14-12-34)39-23-27-43(28-24-39)46(6)44-29-25-40(26-30-44)38-17-21-42(22-18-38)45(32(3)4)41-19-15-37(16-20-41)35-9-7-33(5)8-10-35/h7-32,45H,1-6H3. The van der Waals surface area contributed by atoms with E-state index in [4.69, 9.17) is 0 Å². The minimum atomic E-state index is 0.350. The zero-order valence-electron chi connectivity index (χ0n) is 28.0.